The highest BCUT2D eigenvalue weighted by molar-refractivity contribution is 6.00. The lowest BCUT2D eigenvalue weighted by atomic mass is 9.70. The summed E-state index contributed by atoms with van der Waals surface area (Å²) in [5, 5.41) is 2.84. The quantitative estimate of drug-likeness (QED) is 0.830. The molecule has 0 bridgehead atoms. The Kier molecular flexibility index (Phi) is 5.29. The van der Waals surface area contributed by atoms with E-state index in [1.807, 2.05) is 6.92 Å². The number of ether oxygens (including phenoxy) is 1. The number of nitrogens with two attached hydrogens (primary N) is 1. The first kappa shape index (κ1) is 18.8. The Labute approximate surface area is 152 Å². The van der Waals surface area contributed by atoms with Gasteiger partial charge in [0, 0.05) is 26.1 Å². The number of hydrogen-bond donors (Lipinski definition) is 2. The smallest absolute Gasteiger partial charge is 0.249 e. The van der Waals surface area contributed by atoms with Gasteiger partial charge in [0.2, 0.25) is 11.8 Å². The third-order valence-corrected chi connectivity index (χ3v) is 5.56. The molecule has 142 valence electrons. The lowest BCUT2D eigenvalue weighted by molar-refractivity contribution is -0.147. The monoisotopic (exact) mass is 363 g/mol. The number of piperidine rings is 1. The fourth-order valence-electron chi connectivity index (χ4n) is 3.81. The van der Waals surface area contributed by atoms with Crippen molar-refractivity contribution in [1.29, 1.82) is 0 Å². The molecular formula is C19H26FN3O3. The van der Waals surface area contributed by atoms with Crippen molar-refractivity contribution in [2.24, 2.45) is 11.7 Å². The van der Waals surface area contributed by atoms with Crippen LogP contribution >= 0.6 is 0 Å². The van der Waals surface area contributed by atoms with Gasteiger partial charge in [-0.3, -0.25) is 9.59 Å². The molecule has 0 spiro atoms. The maximum atomic E-state index is 14.2. The van der Waals surface area contributed by atoms with Crippen molar-refractivity contribution in [1.82, 2.24) is 5.32 Å². The Morgan fingerprint density at radius 1 is 1.46 bits per heavy atom. The molecule has 1 atom stereocenters. The van der Waals surface area contributed by atoms with Gasteiger partial charge in [-0.15, -0.1) is 0 Å². The van der Waals surface area contributed by atoms with Gasteiger partial charge in [0.05, 0.1) is 11.3 Å². The van der Waals surface area contributed by atoms with Crippen molar-refractivity contribution in [2.75, 3.05) is 25.1 Å². The van der Waals surface area contributed by atoms with E-state index in [1.54, 1.807) is 19.2 Å². The molecule has 0 radical (unpaired) electrons. The molecule has 1 heterocycles. The van der Waals surface area contributed by atoms with Gasteiger partial charge in [0.25, 0.3) is 0 Å². The van der Waals surface area contributed by atoms with E-state index < -0.39 is 17.5 Å². The third-order valence-electron chi connectivity index (χ3n) is 5.56. The number of rotatable bonds is 5. The first-order valence-corrected chi connectivity index (χ1v) is 9.02. The van der Waals surface area contributed by atoms with Crippen LogP contribution in [-0.2, 0) is 14.3 Å². The van der Waals surface area contributed by atoms with E-state index in [9.17, 15) is 14.0 Å². The molecule has 3 N–H and O–H groups in total. The number of carbonyl (C=O) groups is 2. The van der Waals surface area contributed by atoms with Gasteiger partial charge in [0.15, 0.2) is 0 Å². The summed E-state index contributed by atoms with van der Waals surface area (Å²) in [6.07, 6.45) is 2.39. The largest absolute Gasteiger partial charge is 0.377 e. The van der Waals surface area contributed by atoms with Crippen LogP contribution < -0.4 is 16.0 Å². The predicted octanol–water partition coefficient (Wildman–Crippen LogP) is 1.50. The number of nitrogens with zero attached hydrogens (tertiary/aromatic N) is 1. The molecule has 1 aromatic rings. The molecule has 1 aliphatic heterocycles. The zero-order valence-electron chi connectivity index (χ0n) is 15.3. The van der Waals surface area contributed by atoms with E-state index in [2.05, 4.69) is 5.32 Å². The molecule has 1 aliphatic carbocycles. The van der Waals surface area contributed by atoms with Gasteiger partial charge in [0.1, 0.15) is 11.9 Å². The molecule has 6 nitrogen and oxygen atoms in total. The summed E-state index contributed by atoms with van der Waals surface area (Å²) in [5.41, 5.74) is 6.44. The number of halogens is 1. The molecule has 1 saturated heterocycles. The van der Waals surface area contributed by atoms with Crippen LogP contribution in [0.2, 0.25) is 0 Å². The van der Waals surface area contributed by atoms with Gasteiger partial charge in [-0.1, -0.05) is 6.07 Å². The molecule has 2 fully saturated rings. The zero-order chi connectivity index (χ0) is 18.9. The number of hydrogen-bond acceptors (Lipinski definition) is 4. The Hall–Kier alpha value is -1.99. The standard InChI is InChI=1S/C19H26FN3O3/c1-12-5-6-14(20)16(8-12)23-7-3-4-15(18(23)25)22-17(24)13-9-19(10-13,11-21)26-2/h5-6,8,13,15H,3-4,7,9-11,21H2,1-2H3,(H,22,24). The maximum Gasteiger partial charge on any atom is 0.249 e. The second-order valence-electron chi connectivity index (χ2n) is 7.34. The van der Waals surface area contributed by atoms with Crippen LogP contribution in [-0.4, -0.2) is 43.7 Å². The van der Waals surface area contributed by atoms with Crippen LogP contribution in [0.15, 0.2) is 18.2 Å². The minimum atomic E-state index is -0.619. The SMILES string of the molecule is COC1(CN)CC(C(=O)NC2CCCN(c3cc(C)ccc3F)C2=O)C1. The molecule has 1 saturated carbocycles. The van der Waals surface area contributed by atoms with E-state index >= 15 is 0 Å². The number of aryl methyl sites for hydroxylation is 1. The molecule has 2 aliphatic rings. The first-order valence-electron chi connectivity index (χ1n) is 9.02. The van der Waals surface area contributed by atoms with E-state index in [0.29, 0.717) is 38.8 Å². The fourth-order valence-corrected chi connectivity index (χ4v) is 3.81. The minimum Gasteiger partial charge on any atom is -0.377 e. The van der Waals surface area contributed by atoms with Gasteiger partial charge in [-0.25, -0.2) is 4.39 Å². The van der Waals surface area contributed by atoms with Crippen molar-refractivity contribution < 1.29 is 18.7 Å². The maximum absolute atomic E-state index is 14.2. The van der Waals surface area contributed by atoms with Crippen LogP contribution in [0, 0.1) is 18.7 Å². The first-order chi connectivity index (χ1) is 12.4. The predicted molar refractivity (Wildman–Crippen MR) is 96.2 cm³/mol. The normalized spacial score (nSPS) is 28.6. The van der Waals surface area contributed by atoms with Crippen molar-refractivity contribution in [2.45, 2.75) is 44.2 Å². The van der Waals surface area contributed by atoms with Crippen LogP contribution in [0.25, 0.3) is 0 Å². The third kappa shape index (κ3) is 3.46. The summed E-state index contributed by atoms with van der Waals surface area (Å²) >= 11 is 0. The topological polar surface area (TPSA) is 84.7 Å². The van der Waals surface area contributed by atoms with Gasteiger partial charge in [-0.2, -0.15) is 0 Å². The molecule has 2 amide bonds. The van der Waals surface area contributed by atoms with Gasteiger partial charge in [-0.05, 0) is 50.3 Å². The van der Waals surface area contributed by atoms with Gasteiger partial charge < -0.3 is 20.7 Å². The highest BCUT2D eigenvalue weighted by Crippen LogP contribution is 2.40. The summed E-state index contributed by atoms with van der Waals surface area (Å²) in [5.74, 6) is -1.04. The Morgan fingerprint density at radius 3 is 2.85 bits per heavy atom. The van der Waals surface area contributed by atoms with Crippen molar-refractivity contribution >= 4 is 17.5 Å². The summed E-state index contributed by atoms with van der Waals surface area (Å²) in [7, 11) is 1.60. The van der Waals surface area contributed by atoms with Crippen molar-refractivity contribution in [3.63, 3.8) is 0 Å². The number of amides is 2. The van der Waals surface area contributed by atoms with Crippen molar-refractivity contribution in [3.8, 4) is 0 Å². The second kappa shape index (κ2) is 7.32. The van der Waals surface area contributed by atoms with Crippen LogP contribution in [0.3, 0.4) is 0 Å². The fraction of sp³-hybridized carbons (Fsp3) is 0.579. The molecule has 0 aromatic heterocycles. The molecule has 1 aromatic carbocycles. The zero-order valence-corrected chi connectivity index (χ0v) is 15.3. The number of nitrogens with one attached hydrogen (secondary N) is 1. The van der Waals surface area contributed by atoms with E-state index in [1.165, 1.54) is 11.0 Å². The number of benzene rings is 1. The molecular weight excluding hydrogens is 337 g/mol. The number of anilines is 1. The lowest BCUT2D eigenvalue weighted by Crippen LogP contribution is -2.59. The van der Waals surface area contributed by atoms with Crippen LogP contribution in [0.4, 0.5) is 10.1 Å². The number of methoxy groups -OCH3 is 1. The Morgan fingerprint density at radius 2 is 2.19 bits per heavy atom. The molecule has 3 rings (SSSR count). The average Bonchev–Trinajstić information content (AvgIpc) is 2.59. The van der Waals surface area contributed by atoms with Crippen LogP contribution in [0.1, 0.15) is 31.2 Å². The second-order valence-corrected chi connectivity index (χ2v) is 7.34. The van der Waals surface area contributed by atoms with E-state index in [0.717, 1.165) is 5.56 Å². The molecule has 26 heavy (non-hydrogen) atoms. The summed E-state index contributed by atoms with van der Waals surface area (Å²) in [6.45, 7) is 2.68. The molecule has 7 heteroatoms. The Bertz CT molecular complexity index is 697. The van der Waals surface area contributed by atoms with Crippen LogP contribution in [0.5, 0.6) is 0 Å². The summed E-state index contributed by atoms with van der Waals surface area (Å²) in [6, 6.07) is 4.08. The molecule has 1 unspecified atom stereocenters. The van der Waals surface area contributed by atoms with Gasteiger partial charge >= 0.3 is 0 Å². The summed E-state index contributed by atoms with van der Waals surface area (Å²) in [4.78, 5) is 26.7. The summed E-state index contributed by atoms with van der Waals surface area (Å²) < 4.78 is 19.6. The van der Waals surface area contributed by atoms with Crippen molar-refractivity contribution in [3.05, 3.63) is 29.6 Å². The lowest BCUT2D eigenvalue weighted by Gasteiger charge is -2.45. The minimum absolute atomic E-state index is 0.156. The highest BCUT2D eigenvalue weighted by atomic mass is 19.1. The van der Waals surface area contributed by atoms with E-state index in [-0.39, 0.29) is 23.4 Å². The average molecular weight is 363 g/mol. The number of carbonyl (C=O) groups excluding carboxylic acids is 2. The van der Waals surface area contributed by atoms with E-state index in [4.69, 9.17) is 10.5 Å². The highest BCUT2D eigenvalue weighted by Gasteiger charge is 2.47. The Balaban J connectivity index is 1.65.